The van der Waals surface area contributed by atoms with E-state index in [4.69, 9.17) is 4.74 Å². The van der Waals surface area contributed by atoms with Gasteiger partial charge in [0.1, 0.15) is 5.82 Å². The quantitative estimate of drug-likeness (QED) is 0.913. The van der Waals surface area contributed by atoms with Gasteiger partial charge in [-0.05, 0) is 30.5 Å². The third-order valence-corrected chi connectivity index (χ3v) is 4.95. The zero-order valence-corrected chi connectivity index (χ0v) is 14.2. The highest BCUT2D eigenvalue weighted by Gasteiger charge is 2.32. The van der Waals surface area contributed by atoms with Crippen molar-refractivity contribution >= 4 is 5.91 Å². The Morgan fingerprint density at radius 1 is 1.19 bits per heavy atom. The Labute approximate surface area is 149 Å². The molecule has 1 N–H and O–H groups in total. The van der Waals surface area contributed by atoms with Gasteiger partial charge in [0.2, 0.25) is 5.43 Å². The van der Waals surface area contributed by atoms with Crippen molar-refractivity contribution in [3.63, 3.8) is 0 Å². The first-order valence-electron chi connectivity index (χ1n) is 8.66. The molecule has 1 unspecified atom stereocenters. The molecule has 1 aromatic heterocycles. The lowest BCUT2D eigenvalue weighted by atomic mass is 10.1. The Bertz CT molecular complexity index is 901. The molecular formula is C19H19FN2O4. The summed E-state index contributed by atoms with van der Waals surface area (Å²) < 4.78 is 20.4. The van der Waals surface area contributed by atoms with Gasteiger partial charge in [-0.1, -0.05) is 12.1 Å². The molecule has 2 aliphatic heterocycles. The Hall–Kier alpha value is -2.67. The van der Waals surface area contributed by atoms with Crippen LogP contribution in [0, 0.1) is 5.82 Å². The Morgan fingerprint density at radius 2 is 1.96 bits per heavy atom. The maximum Gasteiger partial charge on any atom is 0.274 e. The highest BCUT2D eigenvalue weighted by atomic mass is 19.1. The van der Waals surface area contributed by atoms with E-state index in [0.717, 1.165) is 18.4 Å². The predicted octanol–water partition coefficient (Wildman–Crippen LogP) is 2.20. The van der Waals surface area contributed by atoms with E-state index in [1.165, 1.54) is 18.2 Å². The molecule has 1 saturated heterocycles. The van der Waals surface area contributed by atoms with Crippen molar-refractivity contribution in [1.82, 2.24) is 9.47 Å². The first-order chi connectivity index (χ1) is 12.5. The van der Waals surface area contributed by atoms with E-state index in [9.17, 15) is 19.1 Å². The van der Waals surface area contributed by atoms with E-state index in [-0.39, 0.29) is 24.2 Å². The molecular weight excluding hydrogens is 339 g/mol. The number of rotatable bonds is 3. The van der Waals surface area contributed by atoms with Crippen LogP contribution in [0.15, 0.2) is 35.1 Å². The maximum absolute atomic E-state index is 13.1. The summed E-state index contributed by atoms with van der Waals surface area (Å²) in [4.78, 5) is 26.7. The van der Waals surface area contributed by atoms with Gasteiger partial charge in [0.25, 0.3) is 5.91 Å². The summed E-state index contributed by atoms with van der Waals surface area (Å²) in [5, 5.41) is 10.2. The molecule has 136 valence electrons. The Kier molecular flexibility index (Phi) is 4.24. The fraction of sp³-hybridized carbons (Fsp3) is 0.368. The second-order valence-electron chi connectivity index (χ2n) is 6.64. The number of pyridine rings is 1. The topological polar surface area (TPSA) is 71.8 Å². The van der Waals surface area contributed by atoms with Crippen LogP contribution < -0.4 is 5.43 Å². The zero-order valence-electron chi connectivity index (χ0n) is 14.2. The molecule has 0 radical (unpaired) electrons. The van der Waals surface area contributed by atoms with Crippen LogP contribution in [-0.4, -0.2) is 33.6 Å². The lowest BCUT2D eigenvalue weighted by Gasteiger charge is -2.32. The van der Waals surface area contributed by atoms with Gasteiger partial charge in [-0.3, -0.25) is 9.59 Å². The number of carbonyl (C=O) groups is 1. The lowest BCUT2D eigenvalue weighted by molar-refractivity contribution is 0.0661. The molecule has 0 saturated carbocycles. The number of halogens is 1. The molecule has 2 aliphatic rings. The number of hydrogen-bond donors (Lipinski definition) is 1. The standard InChI is InChI=1S/C19H19FN2O4/c20-13-5-3-12(4-6-13)11-21-7-8-22-14(16-2-1-9-26-16)10-15(23)18(24)17(22)19(21)25/h3-6,10,16,24H,1-2,7-9,11H2. The number of carbonyl (C=O) groups excluding carboxylic acids is 1. The lowest BCUT2D eigenvalue weighted by Crippen LogP contribution is -2.42. The van der Waals surface area contributed by atoms with Gasteiger partial charge in [-0.25, -0.2) is 4.39 Å². The van der Waals surface area contributed by atoms with Gasteiger partial charge >= 0.3 is 0 Å². The average Bonchev–Trinajstić information content (AvgIpc) is 3.16. The van der Waals surface area contributed by atoms with E-state index >= 15 is 0 Å². The normalized spacial score (nSPS) is 19.7. The van der Waals surface area contributed by atoms with E-state index in [1.807, 2.05) is 0 Å². The average molecular weight is 358 g/mol. The van der Waals surface area contributed by atoms with E-state index < -0.39 is 17.1 Å². The molecule has 0 spiro atoms. The fourth-order valence-electron chi connectivity index (χ4n) is 3.62. The number of hydrogen-bond acceptors (Lipinski definition) is 4. The molecule has 4 rings (SSSR count). The Balaban J connectivity index is 1.69. The first-order valence-corrected chi connectivity index (χ1v) is 8.66. The van der Waals surface area contributed by atoms with Crippen LogP contribution in [0.5, 0.6) is 5.75 Å². The summed E-state index contributed by atoms with van der Waals surface area (Å²) in [6.07, 6.45) is 1.47. The van der Waals surface area contributed by atoms with Crippen molar-refractivity contribution in [3.8, 4) is 5.75 Å². The number of aromatic hydroxyl groups is 1. The predicted molar refractivity (Wildman–Crippen MR) is 91.4 cm³/mol. The summed E-state index contributed by atoms with van der Waals surface area (Å²) in [5.41, 5.74) is 0.871. The van der Waals surface area contributed by atoms with Gasteiger partial charge in [-0.2, -0.15) is 0 Å². The zero-order chi connectivity index (χ0) is 18.3. The van der Waals surface area contributed by atoms with Crippen molar-refractivity contribution in [1.29, 1.82) is 0 Å². The van der Waals surface area contributed by atoms with Gasteiger partial charge in [0.15, 0.2) is 11.4 Å². The molecule has 7 heteroatoms. The number of ether oxygens (including phenoxy) is 1. The van der Waals surface area contributed by atoms with Gasteiger partial charge in [-0.15, -0.1) is 0 Å². The van der Waals surface area contributed by atoms with Crippen LogP contribution in [0.2, 0.25) is 0 Å². The highest BCUT2D eigenvalue weighted by Crippen LogP contribution is 2.32. The maximum atomic E-state index is 13.1. The molecule has 0 bridgehead atoms. The first kappa shape index (κ1) is 16.8. The molecule has 1 fully saturated rings. The molecule has 1 aromatic carbocycles. The number of aromatic nitrogens is 1. The smallest absolute Gasteiger partial charge is 0.274 e. The van der Waals surface area contributed by atoms with Crippen LogP contribution in [0.25, 0.3) is 0 Å². The number of fused-ring (bicyclic) bond motifs is 1. The molecule has 1 amide bonds. The summed E-state index contributed by atoms with van der Waals surface area (Å²) in [6, 6.07) is 7.29. The third-order valence-electron chi connectivity index (χ3n) is 4.95. The van der Waals surface area contributed by atoms with E-state index in [0.29, 0.717) is 25.4 Å². The molecule has 26 heavy (non-hydrogen) atoms. The van der Waals surface area contributed by atoms with Gasteiger partial charge < -0.3 is 19.3 Å². The molecule has 2 aromatic rings. The molecule has 3 heterocycles. The minimum atomic E-state index is -0.571. The second kappa shape index (κ2) is 6.57. The number of amides is 1. The largest absolute Gasteiger partial charge is 0.503 e. The number of nitrogens with zero attached hydrogens (tertiary/aromatic N) is 2. The second-order valence-corrected chi connectivity index (χ2v) is 6.64. The summed E-state index contributed by atoms with van der Waals surface area (Å²) in [7, 11) is 0. The SMILES string of the molecule is O=C1c2c(O)c(=O)cc(C3CCCO3)n2CCN1Cc1ccc(F)cc1. The van der Waals surface area contributed by atoms with Crippen molar-refractivity contribution in [2.24, 2.45) is 0 Å². The minimum absolute atomic E-state index is 0.0105. The summed E-state index contributed by atoms with van der Waals surface area (Å²) in [5.74, 6) is -1.27. The van der Waals surface area contributed by atoms with Crippen molar-refractivity contribution < 1.29 is 19.0 Å². The van der Waals surface area contributed by atoms with Crippen molar-refractivity contribution in [2.45, 2.75) is 32.0 Å². The monoisotopic (exact) mass is 358 g/mol. The minimum Gasteiger partial charge on any atom is -0.503 e. The third kappa shape index (κ3) is 2.88. The highest BCUT2D eigenvalue weighted by molar-refractivity contribution is 5.95. The Morgan fingerprint density at radius 3 is 2.65 bits per heavy atom. The number of benzene rings is 1. The van der Waals surface area contributed by atoms with E-state index in [2.05, 4.69) is 0 Å². The van der Waals surface area contributed by atoms with Crippen molar-refractivity contribution in [2.75, 3.05) is 13.2 Å². The van der Waals surface area contributed by atoms with Crippen LogP contribution >= 0.6 is 0 Å². The van der Waals surface area contributed by atoms with Crippen LogP contribution in [0.4, 0.5) is 4.39 Å². The van der Waals surface area contributed by atoms with Crippen LogP contribution in [0.3, 0.4) is 0 Å². The van der Waals surface area contributed by atoms with Crippen molar-refractivity contribution in [3.05, 3.63) is 63.3 Å². The van der Waals surface area contributed by atoms with Gasteiger partial charge in [0, 0.05) is 32.3 Å². The molecule has 6 nitrogen and oxygen atoms in total. The summed E-state index contributed by atoms with van der Waals surface area (Å²) >= 11 is 0. The van der Waals surface area contributed by atoms with Crippen LogP contribution in [-0.2, 0) is 17.8 Å². The van der Waals surface area contributed by atoms with E-state index in [1.54, 1.807) is 21.6 Å². The van der Waals surface area contributed by atoms with Crippen LogP contribution in [0.1, 0.15) is 40.7 Å². The van der Waals surface area contributed by atoms with Gasteiger partial charge in [0.05, 0.1) is 11.8 Å². The molecule has 0 aliphatic carbocycles. The summed E-state index contributed by atoms with van der Waals surface area (Å²) in [6.45, 7) is 1.81. The molecule has 1 atom stereocenters. The fourth-order valence-corrected chi connectivity index (χ4v) is 3.62.